The summed E-state index contributed by atoms with van der Waals surface area (Å²) in [6.45, 7) is 1.18. The largest absolute Gasteiger partial charge is 0.370 e. The average molecular weight is 567 g/mol. The molecule has 12 nitrogen and oxygen atoms in total. The van der Waals surface area contributed by atoms with Gasteiger partial charge in [-0.15, -0.1) is 0 Å². The van der Waals surface area contributed by atoms with Crippen LogP contribution < -0.4 is 33.6 Å². The Labute approximate surface area is 240 Å². The number of likely N-dealkylation sites (tertiary alicyclic amines) is 1. The first-order chi connectivity index (χ1) is 19.7. The second kappa shape index (κ2) is 15.6. The Morgan fingerprint density at radius 1 is 0.927 bits per heavy atom. The Hall–Kier alpha value is -4.19. The van der Waals surface area contributed by atoms with Crippen LogP contribution in [0.2, 0.25) is 0 Å². The summed E-state index contributed by atoms with van der Waals surface area (Å²) in [7, 11) is 0. The summed E-state index contributed by atoms with van der Waals surface area (Å²) in [5.74, 6) is -1.82. The number of guanidine groups is 1. The summed E-state index contributed by atoms with van der Waals surface area (Å²) in [6.07, 6.45) is 3.59. The number of carbonyl (C=O) groups is 4. The first-order valence-electron chi connectivity index (χ1n) is 14.1. The van der Waals surface area contributed by atoms with Gasteiger partial charge in [0.25, 0.3) is 0 Å². The smallest absolute Gasteiger partial charge is 0.243 e. The topological polar surface area (TPSA) is 212 Å². The lowest BCUT2D eigenvalue weighted by Gasteiger charge is -2.27. The van der Waals surface area contributed by atoms with Crippen LogP contribution in [0, 0.1) is 0 Å². The van der Waals surface area contributed by atoms with Crippen LogP contribution in [-0.4, -0.2) is 72.2 Å². The number of nitrogens with one attached hydrogen (secondary N) is 2. The lowest BCUT2D eigenvalue weighted by molar-refractivity contribution is -0.139. The van der Waals surface area contributed by atoms with Crippen LogP contribution in [0.3, 0.4) is 0 Å². The van der Waals surface area contributed by atoms with Gasteiger partial charge in [0.15, 0.2) is 5.96 Å². The van der Waals surface area contributed by atoms with E-state index in [9.17, 15) is 19.2 Å². The number of carbonyl (C=O) groups excluding carboxylic acids is 4. The highest BCUT2D eigenvalue weighted by Gasteiger charge is 2.36. The van der Waals surface area contributed by atoms with Gasteiger partial charge >= 0.3 is 0 Å². The summed E-state index contributed by atoms with van der Waals surface area (Å²) in [5.41, 5.74) is 22.7. The fraction of sp³-hybridized carbons (Fsp3) is 0.483. The molecule has 1 heterocycles. The van der Waals surface area contributed by atoms with Crippen molar-refractivity contribution in [3.8, 4) is 0 Å². The number of hydrogen-bond donors (Lipinski definition) is 6. The summed E-state index contributed by atoms with van der Waals surface area (Å²) in [6, 6.07) is 11.2. The van der Waals surface area contributed by atoms with Gasteiger partial charge in [-0.25, -0.2) is 0 Å². The lowest BCUT2D eigenvalue weighted by Crippen LogP contribution is -2.56. The van der Waals surface area contributed by atoms with E-state index in [1.807, 2.05) is 42.5 Å². The van der Waals surface area contributed by atoms with Crippen LogP contribution in [0.15, 0.2) is 47.5 Å². The van der Waals surface area contributed by atoms with E-state index in [-0.39, 0.29) is 31.3 Å². The number of amides is 4. The predicted octanol–water partition coefficient (Wildman–Crippen LogP) is 0.0108. The summed E-state index contributed by atoms with van der Waals surface area (Å²) in [5, 5.41) is 7.54. The molecule has 12 heteroatoms. The molecule has 3 atom stereocenters. The van der Waals surface area contributed by atoms with Gasteiger partial charge in [-0.05, 0) is 67.8 Å². The third-order valence-electron chi connectivity index (χ3n) is 7.28. The van der Waals surface area contributed by atoms with E-state index < -0.39 is 35.8 Å². The van der Waals surface area contributed by atoms with Gasteiger partial charge in [-0.2, -0.15) is 0 Å². The first-order valence-corrected chi connectivity index (χ1v) is 14.1. The number of rotatable bonds is 15. The highest BCUT2D eigenvalue weighted by molar-refractivity contribution is 5.95. The third kappa shape index (κ3) is 9.17. The highest BCUT2D eigenvalue weighted by atomic mass is 16.2. The number of benzene rings is 2. The van der Waals surface area contributed by atoms with Crippen molar-refractivity contribution < 1.29 is 19.2 Å². The molecule has 0 spiro atoms. The molecule has 0 aliphatic carbocycles. The molecule has 0 aromatic heterocycles. The Kier molecular flexibility index (Phi) is 11.9. The second-order valence-electron chi connectivity index (χ2n) is 10.3. The first kappa shape index (κ1) is 31.3. The van der Waals surface area contributed by atoms with Gasteiger partial charge in [0.2, 0.25) is 23.6 Å². The molecule has 10 N–H and O–H groups in total. The van der Waals surface area contributed by atoms with E-state index >= 15 is 0 Å². The molecule has 222 valence electrons. The lowest BCUT2D eigenvalue weighted by atomic mass is 10.0. The highest BCUT2D eigenvalue weighted by Crippen LogP contribution is 2.23. The fourth-order valence-corrected chi connectivity index (χ4v) is 5.14. The average Bonchev–Trinajstić information content (AvgIpc) is 3.44. The fourth-order valence-electron chi connectivity index (χ4n) is 5.14. The molecule has 0 unspecified atom stereocenters. The molecule has 41 heavy (non-hydrogen) atoms. The van der Waals surface area contributed by atoms with Crippen molar-refractivity contribution >= 4 is 40.4 Å². The van der Waals surface area contributed by atoms with E-state index in [4.69, 9.17) is 22.9 Å². The zero-order valence-electron chi connectivity index (χ0n) is 23.4. The number of unbranched alkanes of at least 4 members (excludes halogenated alkanes) is 1. The monoisotopic (exact) mass is 566 g/mol. The number of aliphatic imine (C=N–C) groups is 1. The van der Waals surface area contributed by atoms with Crippen molar-refractivity contribution in [2.45, 2.75) is 69.5 Å². The normalized spacial score (nSPS) is 16.1. The molecule has 0 bridgehead atoms. The van der Waals surface area contributed by atoms with E-state index in [0.29, 0.717) is 51.6 Å². The third-order valence-corrected chi connectivity index (χ3v) is 7.28. The van der Waals surface area contributed by atoms with Crippen molar-refractivity contribution in [2.24, 2.45) is 27.9 Å². The van der Waals surface area contributed by atoms with Crippen LogP contribution in [0.25, 0.3) is 10.8 Å². The van der Waals surface area contributed by atoms with Gasteiger partial charge in [0.05, 0.1) is 6.42 Å². The molecule has 0 saturated carbocycles. The van der Waals surface area contributed by atoms with Crippen molar-refractivity contribution in [1.29, 1.82) is 0 Å². The second-order valence-corrected chi connectivity index (χ2v) is 10.3. The van der Waals surface area contributed by atoms with E-state index in [2.05, 4.69) is 15.6 Å². The SMILES string of the molecule is NCCCC[C@H](NC(=O)[C@@H]1CCCN1C(=O)Cc1cccc2ccccc12)C(=O)N[C@@H](CCCN=C(N)N)C(N)=O. The van der Waals surface area contributed by atoms with Crippen LogP contribution >= 0.6 is 0 Å². The maximum Gasteiger partial charge on any atom is 0.243 e. The van der Waals surface area contributed by atoms with Crippen LogP contribution in [-0.2, 0) is 25.6 Å². The molecule has 0 radical (unpaired) electrons. The molecule has 2 aromatic rings. The minimum absolute atomic E-state index is 0.0658. The van der Waals surface area contributed by atoms with E-state index in [0.717, 1.165) is 16.3 Å². The van der Waals surface area contributed by atoms with E-state index in [1.54, 1.807) is 4.90 Å². The molecular formula is C29H42N8O4. The number of nitrogens with two attached hydrogens (primary N) is 4. The number of nitrogens with zero attached hydrogens (tertiary/aromatic N) is 2. The molecule has 3 rings (SSSR count). The molecule has 2 aromatic carbocycles. The number of primary amides is 1. The van der Waals surface area contributed by atoms with Crippen LogP contribution in [0.4, 0.5) is 0 Å². The van der Waals surface area contributed by atoms with Gasteiger partial charge < -0.3 is 38.5 Å². The van der Waals surface area contributed by atoms with Crippen molar-refractivity contribution in [1.82, 2.24) is 15.5 Å². The molecule has 1 saturated heterocycles. The minimum Gasteiger partial charge on any atom is -0.370 e. The van der Waals surface area contributed by atoms with Crippen LogP contribution in [0.5, 0.6) is 0 Å². The Bertz CT molecular complexity index is 1240. The van der Waals surface area contributed by atoms with Gasteiger partial charge in [-0.1, -0.05) is 42.5 Å². The van der Waals surface area contributed by atoms with Crippen LogP contribution in [0.1, 0.15) is 50.5 Å². The van der Waals surface area contributed by atoms with Crippen molar-refractivity contribution in [2.75, 3.05) is 19.6 Å². The summed E-state index contributed by atoms with van der Waals surface area (Å²) >= 11 is 0. The maximum atomic E-state index is 13.4. The Morgan fingerprint density at radius 3 is 2.39 bits per heavy atom. The maximum absolute atomic E-state index is 13.4. The number of hydrogen-bond acceptors (Lipinski definition) is 6. The Morgan fingerprint density at radius 2 is 1.66 bits per heavy atom. The van der Waals surface area contributed by atoms with Crippen molar-refractivity contribution in [3.05, 3.63) is 48.0 Å². The molecule has 1 fully saturated rings. The Balaban J connectivity index is 1.67. The summed E-state index contributed by atoms with van der Waals surface area (Å²) in [4.78, 5) is 57.5. The molecule has 4 amide bonds. The summed E-state index contributed by atoms with van der Waals surface area (Å²) < 4.78 is 0. The quantitative estimate of drug-likeness (QED) is 0.0986. The minimum atomic E-state index is -0.948. The molecule has 1 aliphatic heterocycles. The van der Waals surface area contributed by atoms with Gasteiger partial charge in [0.1, 0.15) is 18.1 Å². The van der Waals surface area contributed by atoms with Crippen molar-refractivity contribution in [3.63, 3.8) is 0 Å². The van der Waals surface area contributed by atoms with Gasteiger partial charge in [-0.3, -0.25) is 24.2 Å². The zero-order valence-corrected chi connectivity index (χ0v) is 23.4. The standard InChI is InChI=1S/C29H42N8O4/c30-15-4-3-12-23(27(40)35-22(26(31)39)13-6-16-34-29(32)33)36-28(41)24-14-7-17-37(24)25(38)18-20-10-5-9-19-8-1-2-11-21(19)20/h1-2,5,8-11,22-24H,3-4,6-7,12-18,30H2,(H2,31,39)(H,35,40)(H,36,41)(H4,32,33,34)/t22-,23-,24-/m0/s1. The molecule has 1 aliphatic rings. The van der Waals surface area contributed by atoms with E-state index in [1.165, 1.54) is 0 Å². The molecular weight excluding hydrogens is 524 g/mol. The zero-order chi connectivity index (χ0) is 29.8. The predicted molar refractivity (Wildman–Crippen MR) is 158 cm³/mol. The number of fused-ring (bicyclic) bond motifs is 1. The van der Waals surface area contributed by atoms with Gasteiger partial charge in [0, 0.05) is 13.1 Å².